The van der Waals surface area contributed by atoms with Gasteiger partial charge in [-0.2, -0.15) is 0 Å². The molecule has 2 rings (SSSR count). The van der Waals surface area contributed by atoms with Crippen LogP contribution < -0.4 is 5.73 Å². The summed E-state index contributed by atoms with van der Waals surface area (Å²) in [5.74, 6) is 0. The lowest BCUT2D eigenvalue weighted by atomic mass is 10.0. The quantitative estimate of drug-likeness (QED) is 0.869. The third kappa shape index (κ3) is 2.45. The highest BCUT2D eigenvalue weighted by molar-refractivity contribution is 6.33. The van der Waals surface area contributed by atoms with Crippen molar-refractivity contribution in [1.82, 2.24) is 0 Å². The molecule has 82 valence electrons. The minimum atomic E-state index is -0.182. The van der Waals surface area contributed by atoms with Gasteiger partial charge in [0.1, 0.15) is 0 Å². The van der Waals surface area contributed by atoms with E-state index in [1.807, 2.05) is 6.07 Å². The standard InChI is InChI=1S/C11H13Cl2NO/c12-7-3-4-9(13)8(6-7)11(14)10-2-1-5-15-10/h3-4,6,10-11H,1-2,5,14H2. The number of hydrogen-bond acceptors (Lipinski definition) is 2. The van der Waals surface area contributed by atoms with Gasteiger partial charge in [0.25, 0.3) is 0 Å². The number of nitrogens with two attached hydrogens (primary N) is 1. The molecule has 1 aliphatic rings. The number of hydrogen-bond donors (Lipinski definition) is 1. The first kappa shape index (κ1) is 11.2. The van der Waals surface area contributed by atoms with E-state index in [4.69, 9.17) is 33.7 Å². The second kappa shape index (κ2) is 4.71. The van der Waals surface area contributed by atoms with Crippen LogP contribution in [0.5, 0.6) is 0 Å². The van der Waals surface area contributed by atoms with E-state index in [1.165, 1.54) is 0 Å². The van der Waals surface area contributed by atoms with E-state index in [0.29, 0.717) is 10.0 Å². The molecule has 1 saturated heterocycles. The highest BCUT2D eigenvalue weighted by Gasteiger charge is 2.25. The smallest absolute Gasteiger partial charge is 0.0769 e. The molecule has 1 aromatic rings. The van der Waals surface area contributed by atoms with Crippen molar-refractivity contribution in [1.29, 1.82) is 0 Å². The van der Waals surface area contributed by atoms with Crippen molar-refractivity contribution in [2.75, 3.05) is 6.61 Å². The number of ether oxygens (including phenoxy) is 1. The molecule has 15 heavy (non-hydrogen) atoms. The van der Waals surface area contributed by atoms with Crippen LogP contribution in [-0.4, -0.2) is 12.7 Å². The zero-order valence-electron chi connectivity index (χ0n) is 8.25. The van der Waals surface area contributed by atoms with Crippen molar-refractivity contribution in [2.45, 2.75) is 25.0 Å². The Balaban J connectivity index is 2.23. The van der Waals surface area contributed by atoms with Crippen LogP contribution in [0.15, 0.2) is 18.2 Å². The molecule has 1 heterocycles. The van der Waals surface area contributed by atoms with Gasteiger partial charge in [-0.3, -0.25) is 0 Å². The molecule has 2 nitrogen and oxygen atoms in total. The van der Waals surface area contributed by atoms with E-state index < -0.39 is 0 Å². The van der Waals surface area contributed by atoms with Crippen LogP contribution in [0.2, 0.25) is 10.0 Å². The van der Waals surface area contributed by atoms with Crippen LogP contribution in [0.3, 0.4) is 0 Å². The Kier molecular flexibility index (Phi) is 3.52. The van der Waals surface area contributed by atoms with Gasteiger partial charge in [-0.05, 0) is 36.6 Å². The molecule has 0 spiro atoms. The van der Waals surface area contributed by atoms with Crippen LogP contribution >= 0.6 is 23.2 Å². The molecule has 1 aliphatic heterocycles. The Morgan fingerprint density at radius 3 is 2.87 bits per heavy atom. The Morgan fingerprint density at radius 2 is 2.20 bits per heavy atom. The monoisotopic (exact) mass is 245 g/mol. The normalized spacial score (nSPS) is 23.0. The van der Waals surface area contributed by atoms with Crippen LogP contribution in [0.25, 0.3) is 0 Å². The third-order valence-corrected chi connectivity index (χ3v) is 3.26. The summed E-state index contributed by atoms with van der Waals surface area (Å²) >= 11 is 12.0. The van der Waals surface area contributed by atoms with E-state index in [0.717, 1.165) is 25.0 Å². The van der Waals surface area contributed by atoms with E-state index >= 15 is 0 Å². The molecule has 2 unspecified atom stereocenters. The van der Waals surface area contributed by atoms with E-state index in [9.17, 15) is 0 Å². The van der Waals surface area contributed by atoms with Crippen molar-refractivity contribution < 1.29 is 4.74 Å². The minimum absolute atomic E-state index is 0.0703. The van der Waals surface area contributed by atoms with Crippen molar-refractivity contribution in [3.63, 3.8) is 0 Å². The molecule has 0 aliphatic carbocycles. The van der Waals surface area contributed by atoms with Crippen molar-refractivity contribution in [3.05, 3.63) is 33.8 Å². The van der Waals surface area contributed by atoms with Gasteiger partial charge in [-0.15, -0.1) is 0 Å². The summed E-state index contributed by atoms with van der Waals surface area (Å²) in [4.78, 5) is 0. The summed E-state index contributed by atoms with van der Waals surface area (Å²) in [5.41, 5.74) is 6.97. The first-order chi connectivity index (χ1) is 7.18. The molecule has 1 fully saturated rings. The first-order valence-corrected chi connectivity index (χ1v) is 5.76. The lowest BCUT2D eigenvalue weighted by molar-refractivity contribution is 0.0901. The van der Waals surface area contributed by atoms with Crippen molar-refractivity contribution in [2.24, 2.45) is 5.73 Å². The van der Waals surface area contributed by atoms with Gasteiger partial charge in [0.2, 0.25) is 0 Å². The van der Waals surface area contributed by atoms with Crippen molar-refractivity contribution in [3.8, 4) is 0 Å². The van der Waals surface area contributed by atoms with Crippen LogP contribution in [-0.2, 0) is 4.74 Å². The fourth-order valence-electron chi connectivity index (χ4n) is 1.86. The average molecular weight is 246 g/mol. The SMILES string of the molecule is NC(c1cc(Cl)ccc1Cl)C1CCCO1. The Hall–Kier alpha value is -0.280. The van der Waals surface area contributed by atoms with Gasteiger partial charge in [0, 0.05) is 16.7 Å². The molecule has 0 bridgehead atoms. The Labute approximate surface area is 99.3 Å². The maximum atomic E-state index is 6.10. The van der Waals surface area contributed by atoms with Crippen molar-refractivity contribution >= 4 is 23.2 Å². The summed E-state index contributed by atoms with van der Waals surface area (Å²) in [6.45, 7) is 0.788. The zero-order chi connectivity index (χ0) is 10.8. The number of halogens is 2. The third-order valence-electron chi connectivity index (χ3n) is 2.68. The van der Waals surface area contributed by atoms with Crippen LogP contribution in [0, 0.1) is 0 Å². The number of rotatable bonds is 2. The second-order valence-electron chi connectivity index (χ2n) is 3.74. The highest BCUT2D eigenvalue weighted by Crippen LogP contribution is 2.31. The van der Waals surface area contributed by atoms with E-state index in [2.05, 4.69) is 0 Å². The molecule has 2 N–H and O–H groups in total. The fraction of sp³-hybridized carbons (Fsp3) is 0.455. The molecule has 0 amide bonds. The van der Waals surface area contributed by atoms with E-state index in [1.54, 1.807) is 12.1 Å². The summed E-state index contributed by atoms with van der Waals surface area (Å²) in [5, 5.41) is 1.31. The van der Waals surface area contributed by atoms with Gasteiger partial charge in [0.05, 0.1) is 12.1 Å². The molecule has 0 radical (unpaired) electrons. The average Bonchev–Trinajstić information content (AvgIpc) is 2.74. The highest BCUT2D eigenvalue weighted by atomic mass is 35.5. The maximum Gasteiger partial charge on any atom is 0.0769 e. The fourth-order valence-corrected chi connectivity index (χ4v) is 2.28. The molecule has 4 heteroatoms. The van der Waals surface area contributed by atoms with Crippen LogP contribution in [0.1, 0.15) is 24.4 Å². The van der Waals surface area contributed by atoms with Gasteiger partial charge in [-0.25, -0.2) is 0 Å². The molecule has 2 atom stereocenters. The first-order valence-electron chi connectivity index (χ1n) is 5.00. The van der Waals surface area contributed by atoms with Gasteiger partial charge in [0.15, 0.2) is 0 Å². The maximum absolute atomic E-state index is 6.10. The van der Waals surface area contributed by atoms with Crippen LogP contribution in [0.4, 0.5) is 0 Å². The molecule has 1 aromatic carbocycles. The summed E-state index contributed by atoms with van der Waals surface area (Å²) < 4.78 is 5.54. The summed E-state index contributed by atoms with van der Waals surface area (Å²) in [6, 6.07) is 5.17. The predicted octanol–water partition coefficient (Wildman–Crippen LogP) is 3.17. The van der Waals surface area contributed by atoms with Gasteiger partial charge >= 0.3 is 0 Å². The van der Waals surface area contributed by atoms with Gasteiger partial charge in [-0.1, -0.05) is 23.2 Å². The lowest BCUT2D eigenvalue weighted by Gasteiger charge is -2.20. The Morgan fingerprint density at radius 1 is 1.40 bits per heavy atom. The largest absolute Gasteiger partial charge is 0.376 e. The Bertz CT molecular complexity index is 350. The molecular formula is C11H13Cl2NO. The van der Waals surface area contributed by atoms with Gasteiger partial charge < -0.3 is 10.5 Å². The number of benzene rings is 1. The predicted molar refractivity (Wildman–Crippen MR) is 62.4 cm³/mol. The summed E-state index contributed by atoms with van der Waals surface area (Å²) in [6.07, 6.45) is 2.13. The lowest BCUT2D eigenvalue weighted by Crippen LogP contribution is -2.25. The van der Waals surface area contributed by atoms with E-state index in [-0.39, 0.29) is 12.1 Å². The molecule has 0 saturated carbocycles. The second-order valence-corrected chi connectivity index (χ2v) is 4.59. The molecular weight excluding hydrogens is 233 g/mol. The minimum Gasteiger partial charge on any atom is -0.376 e. The summed E-state index contributed by atoms with van der Waals surface area (Å²) in [7, 11) is 0. The zero-order valence-corrected chi connectivity index (χ0v) is 9.76. The topological polar surface area (TPSA) is 35.2 Å². The molecule has 0 aromatic heterocycles.